The number of hydrogen-bond acceptors (Lipinski definition) is 2. The van der Waals surface area contributed by atoms with E-state index in [2.05, 4.69) is 15.9 Å². The molecule has 2 unspecified atom stereocenters. The van der Waals surface area contributed by atoms with Gasteiger partial charge in [0.15, 0.2) is 0 Å². The number of alkyl halides is 1. The van der Waals surface area contributed by atoms with Gasteiger partial charge in [0.05, 0.1) is 6.10 Å². The van der Waals surface area contributed by atoms with Gasteiger partial charge in [-0.15, -0.1) is 0 Å². The fourth-order valence-corrected chi connectivity index (χ4v) is 2.66. The van der Waals surface area contributed by atoms with Crippen molar-refractivity contribution < 1.29 is 9.90 Å². The van der Waals surface area contributed by atoms with E-state index in [1.807, 2.05) is 29.2 Å². The van der Waals surface area contributed by atoms with Crippen LogP contribution in [0.25, 0.3) is 0 Å². The van der Waals surface area contributed by atoms with Gasteiger partial charge in [0.25, 0.3) is 5.91 Å². The molecule has 1 saturated heterocycles. The van der Waals surface area contributed by atoms with Gasteiger partial charge >= 0.3 is 0 Å². The first kappa shape index (κ1) is 13.6. The van der Waals surface area contributed by atoms with Crippen LogP contribution >= 0.6 is 15.9 Å². The third-order valence-electron chi connectivity index (χ3n) is 3.55. The first-order chi connectivity index (χ1) is 8.61. The Hall–Kier alpha value is -0.870. The molecule has 0 bridgehead atoms. The average Bonchev–Trinajstić information content (AvgIpc) is 2.88. The van der Waals surface area contributed by atoms with Crippen molar-refractivity contribution in [2.75, 3.05) is 13.1 Å². The SMILES string of the molecule is CC(O)C1CCN(C(=O)c2ccc(CBr)cc2)C1. The lowest BCUT2D eigenvalue weighted by Crippen LogP contribution is -2.30. The molecule has 2 rings (SSSR count). The third-order valence-corrected chi connectivity index (χ3v) is 4.20. The normalized spacial score (nSPS) is 21.1. The van der Waals surface area contributed by atoms with Crippen LogP contribution in [0.5, 0.6) is 0 Å². The Kier molecular flexibility index (Phi) is 4.40. The summed E-state index contributed by atoms with van der Waals surface area (Å²) in [5.41, 5.74) is 1.89. The van der Waals surface area contributed by atoms with Gasteiger partial charge in [0.1, 0.15) is 0 Å². The Balaban J connectivity index is 2.03. The lowest BCUT2D eigenvalue weighted by atomic mass is 10.0. The summed E-state index contributed by atoms with van der Waals surface area (Å²) in [6, 6.07) is 7.66. The number of aliphatic hydroxyl groups is 1. The van der Waals surface area contributed by atoms with E-state index in [0.29, 0.717) is 6.54 Å². The summed E-state index contributed by atoms with van der Waals surface area (Å²) in [6.45, 7) is 3.20. The number of benzene rings is 1. The molecule has 1 fully saturated rings. The number of aliphatic hydroxyl groups excluding tert-OH is 1. The predicted molar refractivity (Wildman–Crippen MR) is 74.8 cm³/mol. The zero-order valence-electron chi connectivity index (χ0n) is 10.5. The summed E-state index contributed by atoms with van der Waals surface area (Å²) in [4.78, 5) is 14.1. The highest BCUT2D eigenvalue weighted by atomic mass is 79.9. The van der Waals surface area contributed by atoms with Crippen LogP contribution in [-0.4, -0.2) is 35.1 Å². The Morgan fingerprint density at radius 2 is 2.17 bits per heavy atom. The van der Waals surface area contributed by atoms with Gasteiger partial charge in [0, 0.05) is 29.9 Å². The lowest BCUT2D eigenvalue weighted by Gasteiger charge is -2.17. The summed E-state index contributed by atoms with van der Waals surface area (Å²) in [5.74, 6) is 0.287. The fourth-order valence-electron chi connectivity index (χ4n) is 2.28. The van der Waals surface area contributed by atoms with Crippen LogP contribution in [0.4, 0.5) is 0 Å². The van der Waals surface area contributed by atoms with Gasteiger partial charge in [-0.05, 0) is 31.0 Å². The van der Waals surface area contributed by atoms with E-state index < -0.39 is 0 Å². The standard InChI is InChI=1S/C14H18BrNO2/c1-10(17)13-6-7-16(9-13)14(18)12-4-2-11(8-15)3-5-12/h2-5,10,13,17H,6-9H2,1H3. The van der Waals surface area contributed by atoms with Crippen LogP contribution in [0.2, 0.25) is 0 Å². The minimum atomic E-state index is -0.335. The highest BCUT2D eigenvalue weighted by Gasteiger charge is 2.29. The second kappa shape index (κ2) is 5.85. The smallest absolute Gasteiger partial charge is 0.253 e. The molecule has 3 nitrogen and oxygen atoms in total. The van der Waals surface area contributed by atoms with E-state index in [0.717, 1.165) is 29.4 Å². The molecule has 4 heteroatoms. The second-order valence-corrected chi connectivity index (χ2v) is 5.43. The molecule has 2 atom stereocenters. The predicted octanol–water partition coefficient (Wildman–Crippen LogP) is 2.42. The molecule has 98 valence electrons. The lowest BCUT2D eigenvalue weighted by molar-refractivity contribution is 0.0762. The Bertz CT molecular complexity index is 416. The monoisotopic (exact) mass is 311 g/mol. The minimum Gasteiger partial charge on any atom is -0.393 e. The van der Waals surface area contributed by atoms with Crippen molar-refractivity contribution in [2.24, 2.45) is 5.92 Å². The van der Waals surface area contributed by atoms with Crippen molar-refractivity contribution in [3.63, 3.8) is 0 Å². The molecule has 1 aliphatic heterocycles. The highest BCUT2D eigenvalue weighted by molar-refractivity contribution is 9.08. The van der Waals surface area contributed by atoms with Gasteiger partial charge in [-0.1, -0.05) is 28.1 Å². The number of nitrogens with zero attached hydrogens (tertiary/aromatic N) is 1. The molecule has 18 heavy (non-hydrogen) atoms. The molecule has 1 amide bonds. The van der Waals surface area contributed by atoms with Gasteiger partial charge in [-0.2, -0.15) is 0 Å². The van der Waals surface area contributed by atoms with E-state index in [9.17, 15) is 9.90 Å². The third kappa shape index (κ3) is 2.93. The first-order valence-corrected chi connectivity index (χ1v) is 7.36. The quantitative estimate of drug-likeness (QED) is 0.871. The van der Waals surface area contributed by atoms with E-state index >= 15 is 0 Å². The molecule has 1 aromatic carbocycles. The van der Waals surface area contributed by atoms with Crippen molar-refractivity contribution >= 4 is 21.8 Å². The molecule has 1 aromatic rings. The summed E-state index contributed by atoms with van der Waals surface area (Å²) in [5, 5.41) is 10.3. The maximum absolute atomic E-state index is 12.2. The molecule has 0 aromatic heterocycles. The first-order valence-electron chi connectivity index (χ1n) is 6.24. The Labute approximate surface area is 116 Å². The van der Waals surface area contributed by atoms with E-state index in [1.54, 1.807) is 6.92 Å². The van der Waals surface area contributed by atoms with Gasteiger partial charge in [-0.25, -0.2) is 0 Å². The topological polar surface area (TPSA) is 40.5 Å². The molecule has 1 heterocycles. The molecule has 0 saturated carbocycles. The maximum atomic E-state index is 12.2. The molecular formula is C14H18BrNO2. The number of amides is 1. The van der Waals surface area contributed by atoms with Gasteiger partial charge in [-0.3, -0.25) is 4.79 Å². The van der Waals surface area contributed by atoms with Crippen molar-refractivity contribution in [2.45, 2.75) is 24.8 Å². The second-order valence-electron chi connectivity index (χ2n) is 4.87. The summed E-state index contributed by atoms with van der Waals surface area (Å²) >= 11 is 3.39. The number of rotatable bonds is 3. The number of carbonyl (C=O) groups is 1. The molecule has 0 spiro atoms. The van der Waals surface area contributed by atoms with Crippen molar-refractivity contribution in [1.29, 1.82) is 0 Å². The molecule has 1 N–H and O–H groups in total. The fraction of sp³-hybridized carbons (Fsp3) is 0.500. The zero-order chi connectivity index (χ0) is 13.1. The maximum Gasteiger partial charge on any atom is 0.253 e. The van der Waals surface area contributed by atoms with Crippen LogP contribution < -0.4 is 0 Å². The number of likely N-dealkylation sites (tertiary alicyclic amines) is 1. The largest absolute Gasteiger partial charge is 0.393 e. The summed E-state index contributed by atoms with van der Waals surface area (Å²) in [7, 11) is 0. The number of halogens is 1. The van der Waals surface area contributed by atoms with Gasteiger partial charge < -0.3 is 10.0 Å². The Morgan fingerprint density at radius 3 is 2.67 bits per heavy atom. The van der Waals surface area contributed by atoms with Gasteiger partial charge in [0.2, 0.25) is 0 Å². The van der Waals surface area contributed by atoms with E-state index in [4.69, 9.17) is 0 Å². The highest BCUT2D eigenvalue weighted by Crippen LogP contribution is 2.21. The van der Waals surface area contributed by atoms with Crippen LogP contribution in [-0.2, 0) is 5.33 Å². The van der Waals surface area contributed by atoms with E-state index in [-0.39, 0.29) is 17.9 Å². The zero-order valence-corrected chi connectivity index (χ0v) is 12.1. The van der Waals surface area contributed by atoms with Crippen molar-refractivity contribution in [1.82, 2.24) is 4.90 Å². The van der Waals surface area contributed by atoms with E-state index in [1.165, 1.54) is 0 Å². The molecule has 0 radical (unpaired) electrons. The van der Waals surface area contributed by atoms with Crippen LogP contribution in [0.1, 0.15) is 29.3 Å². The molecule has 1 aliphatic rings. The minimum absolute atomic E-state index is 0.0688. The van der Waals surface area contributed by atoms with Crippen molar-refractivity contribution in [3.05, 3.63) is 35.4 Å². The van der Waals surface area contributed by atoms with Crippen LogP contribution in [0, 0.1) is 5.92 Å². The van der Waals surface area contributed by atoms with Crippen molar-refractivity contribution in [3.8, 4) is 0 Å². The van der Waals surface area contributed by atoms with Crippen LogP contribution in [0.15, 0.2) is 24.3 Å². The molecular weight excluding hydrogens is 294 g/mol. The Morgan fingerprint density at radius 1 is 1.50 bits per heavy atom. The average molecular weight is 312 g/mol. The van der Waals surface area contributed by atoms with Crippen LogP contribution in [0.3, 0.4) is 0 Å². The molecule has 0 aliphatic carbocycles. The number of carbonyl (C=O) groups excluding carboxylic acids is 1. The number of hydrogen-bond donors (Lipinski definition) is 1. The summed E-state index contributed by atoms with van der Waals surface area (Å²) in [6.07, 6.45) is 0.557. The summed E-state index contributed by atoms with van der Waals surface area (Å²) < 4.78 is 0.